The number of hydrogen-bond acceptors (Lipinski definition) is 6. The second-order valence-electron chi connectivity index (χ2n) is 3.60. The molecule has 0 bridgehead atoms. The van der Waals surface area contributed by atoms with Crippen LogP contribution < -0.4 is 10.5 Å². The topological polar surface area (TPSA) is 103 Å². The Morgan fingerprint density at radius 3 is 2.89 bits per heavy atom. The van der Waals surface area contributed by atoms with E-state index >= 15 is 0 Å². The Bertz CT molecular complexity index is 693. The number of ether oxygens (including phenoxy) is 1. The number of nitrogens with two attached hydrogens (primary N) is 1. The summed E-state index contributed by atoms with van der Waals surface area (Å²) in [4.78, 5) is 19.7. The zero-order valence-corrected chi connectivity index (χ0v) is 9.58. The minimum Gasteiger partial charge on any atom is -0.494 e. The average molecular weight is 242 g/mol. The van der Waals surface area contributed by atoms with Crippen molar-refractivity contribution in [3.05, 3.63) is 24.8 Å². The van der Waals surface area contributed by atoms with Gasteiger partial charge in [0, 0.05) is 18.6 Å². The summed E-state index contributed by atoms with van der Waals surface area (Å²) in [6.45, 7) is 0. The lowest BCUT2D eigenvalue weighted by Crippen LogP contribution is -1.99. The number of hydrogen-bond donors (Lipinski definition) is 2. The summed E-state index contributed by atoms with van der Waals surface area (Å²) in [5, 5.41) is 0.671. The van der Waals surface area contributed by atoms with E-state index in [4.69, 9.17) is 10.5 Å². The maximum absolute atomic E-state index is 5.92. The van der Waals surface area contributed by atoms with Gasteiger partial charge in [-0.05, 0) is 0 Å². The first-order chi connectivity index (χ1) is 8.79. The molecule has 0 aliphatic heterocycles. The van der Waals surface area contributed by atoms with Crippen LogP contribution in [0.3, 0.4) is 0 Å². The van der Waals surface area contributed by atoms with Crippen molar-refractivity contribution >= 4 is 16.9 Å². The number of H-pyrrole nitrogens is 1. The van der Waals surface area contributed by atoms with Crippen molar-refractivity contribution < 1.29 is 4.74 Å². The fraction of sp³-hybridized carbons (Fsp3) is 0.0909. The fourth-order valence-corrected chi connectivity index (χ4v) is 1.72. The van der Waals surface area contributed by atoms with Crippen LogP contribution in [-0.2, 0) is 0 Å². The number of fused-ring (bicyclic) bond motifs is 1. The Morgan fingerprint density at radius 2 is 2.17 bits per heavy atom. The second-order valence-corrected chi connectivity index (χ2v) is 3.60. The van der Waals surface area contributed by atoms with Gasteiger partial charge < -0.3 is 15.5 Å². The minimum atomic E-state index is 0.346. The average Bonchev–Trinajstić information content (AvgIpc) is 2.83. The molecule has 0 amide bonds. The molecule has 0 fully saturated rings. The van der Waals surface area contributed by atoms with Crippen LogP contribution >= 0.6 is 0 Å². The Hall–Kier alpha value is -2.70. The van der Waals surface area contributed by atoms with Gasteiger partial charge in [0.25, 0.3) is 0 Å². The predicted octanol–water partition coefficient (Wildman–Crippen LogP) is 1.01. The minimum absolute atomic E-state index is 0.346. The monoisotopic (exact) mass is 242 g/mol. The lowest BCUT2D eigenvalue weighted by Gasteiger charge is -2.02. The Morgan fingerprint density at radius 1 is 1.28 bits per heavy atom. The molecule has 0 saturated carbocycles. The number of aromatic amines is 1. The van der Waals surface area contributed by atoms with E-state index in [1.54, 1.807) is 31.9 Å². The Labute approximate surface area is 102 Å². The first-order valence-electron chi connectivity index (χ1n) is 5.24. The molecule has 0 unspecified atom stereocenters. The van der Waals surface area contributed by atoms with Gasteiger partial charge in [-0.2, -0.15) is 0 Å². The van der Waals surface area contributed by atoms with Gasteiger partial charge in [-0.3, -0.25) is 4.98 Å². The van der Waals surface area contributed by atoms with E-state index in [9.17, 15) is 0 Å². The molecule has 7 nitrogen and oxygen atoms in total. The van der Waals surface area contributed by atoms with Gasteiger partial charge in [0.15, 0.2) is 5.82 Å². The second kappa shape index (κ2) is 3.95. The van der Waals surface area contributed by atoms with Crippen LogP contribution in [-0.4, -0.2) is 32.0 Å². The van der Waals surface area contributed by atoms with E-state index in [1.165, 1.54) is 0 Å². The quantitative estimate of drug-likeness (QED) is 0.695. The highest BCUT2D eigenvalue weighted by atomic mass is 16.5. The summed E-state index contributed by atoms with van der Waals surface area (Å²) in [6.07, 6.45) is 6.44. The van der Waals surface area contributed by atoms with Crippen LogP contribution in [0.2, 0.25) is 0 Å². The third-order valence-corrected chi connectivity index (χ3v) is 2.54. The highest BCUT2D eigenvalue weighted by Gasteiger charge is 2.13. The van der Waals surface area contributed by atoms with Crippen LogP contribution in [0.4, 0.5) is 5.82 Å². The number of methoxy groups -OCH3 is 1. The Balaban J connectivity index is 2.23. The molecule has 7 heteroatoms. The van der Waals surface area contributed by atoms with Gasteiger partial charge in [0.2, 0.25) is 0 Å². The summed E-state index contributed by atoms with van der Waals surface area (Å²) in [6, 6.07) is 0. The van der Waals surface area contributed by atoms with Gasteiger partial charge in [-0.15, -0.1) is 0 Å². The molecule has 0 saturated heterocycles. The SMILES string of the molecule is COc1c[nH]c2nc(-c3cnccn3)nc(N)c12. The number of nitrogen functional groups attached to an aromatic ring is 1. The summed E-state index contributed by atoms with van der Waals surface area (Å²) in [5.41, 5.74) is 7.10. The molecule has 3 aromatic heterocycles. The van der Waals surface area contributed by atoms with Gasteiger partial charge >= 0.3 is 0 Å². The van der Waals surface area contributed by atoms with Gasteiger partial charge in [-0.1, -0.05) is 0 Å². The molecule has 0 radical (unpaired) electrons. The van der Waals surface area contributed by atoms with Crippen molar-refractivity contribution in [2.75, 3.05) is 12.8 Å². The van der Waals surface area contributed by atoms with Crippen molar-refractivity contribution in [1.29, 1.82) is 0 Å². The normalized spacial score (nSPS) is 10.7. The summed E-state index contributed by atoms with van der Waals surface area (Å²) in [5.74, 6) is 1.39. The van der Waals surface area contributed by atoms with Crippen LogP contribution in [0.25, 0.3) is 22.6 Å². The number of anilines is 1. The van der Waals surface area contributed by atoms with E-state index in [2.05, 4.69) is 24.9 Å². The summed E-state index contributed by atoms with van der Waals surface area (Å²) >= 11 is 0. The molecule has 3 aromatic rings. The van der Waals surface area contributed by atoms with Gasteiger partial charge in [0.05, 0.1) is 13.3 Å². The van der Waals surface area contributed by atoms with Crippen molar-refractivity contribution in [1.82, 2.24) is 24.9 Å². The van der Waals surface area contributed by atoms with E-state index < -0.39 is 0 Å². The maximum Gasteiger partial charge on any atom is 0.183 e. The molecular weight excluding hydrogens is 232 g/mol. The number of nitrogens with one attached hydrogen (secondary N) is 1. The zero-order chi connectivity index (χ0) is 12.5. The van der Waals surface area contributed by atoms with E-state index in [0.29, 0.717) is 34.1 Å². The standard InChI is InChI=1S/C11H10N6O/c1-18-7-5-15-11-8(7)9(12)16-10(17-11)6-4-13-2-3-14-6/h2-5H,1H3,(H3,12,15,16,17). The molecule has 0 aromatic carbocycles. The molecule has 90 valence electrons. The molecule has 0 aliphatic carbocycles. The van der Waals surface area contributed by atoms with Gasteiger partial charge in [-0.25, -0.2) is 15.0 Å². The lowest BCUT2D eigenvalue weighted by molar-refractivity contribution is 0.420. The van der Waals surface area contributed by atoms with Crippen molar-refractivity contribution in [3.8, 4) is 17.3 Å². The van der Waals surface area contributed by atoms with Crippen LogP contribution in [0.1, 0.15) is 0 Å². The van der Waals surface area contributed by atoms with E-state index in [1.807, 2.05) is 0 Å². The van der Waals surface area contributed by atoms with Crippen LogP contribution in [0, 0.1) is 0 Å². The molecule has 0 atom stereocenters. The van der Waals surface area contributed by atoms with Crippen molar-refractivity contribution in [2.24, 2.45) is 0 Å². The molecule has 3 rings (SSSR count). The Kier molecular flexibility index (Phi) is 2.30. The fourth-order valence-electron chi connectivity index (χ4n) is 1.72. The largest absolute Gasteiger partial charge is 0.494 e. The highest BCUT2D eigenvalue weighted by Crippen LogP contribution is 2.29. The number of rotatable bonds is 2. The molecule has 0 spiro atoms. The van der Waals surface area contributed by atoms with Crippen LogP contribution in [0.5, 0.6) is 5.75 Å². The molecule has 18 heavy (non-hydrogen) atoms. The van der Waals surface area contributed by atoms with Gasteiger partial charge in [0.1, 0.15) is 28.3 Å². The predicted molar refractivity (Wildman–Crippen MR) is 65.9 cm³/mol. The van der Waals surface area contributed by atoms with E-state index in [0.717, 1.165) is 0 Å². The molecular formula is C11H10N6O. The van der Waals surface area contributed by atoms with Crippen LogP contribution in [0.15, 0.2) is 24.8 Å². The van der Waals surface area contributed by atoms with E-state index in [-0.39, 0.29) is 0 Å². The first-order valence-corrected chi connectivity index (χ1v) is 5.24. The molecule has 0 aliphatic rings. The zero-order valence-electron chi connectivity index (χ0n) is 9.58. The summed E-state index contributed by atoms with van der Waals surface area (Å²) < 4.78 is 5.17. The lowest BCUT2D eigenvalue weighted by atomic mass is 10.3. The first kappa shape index (κ1) is 10.5. The van der Waals surface area contributed by atoms with Crippen molar-refractivity contribution in [3.63, 3.8) is 0 Å². The third kappa shape index (κ3) is 1.53. The number of aromatic nitrogens is 5. The third-order valence-electron chi connectivity index (χ3n) is 2.54. The smallest absolute Gasteiger partial charge is 0.183 e. The van der Waals surface area contributed by atoms with Crippen molar-refractivity contribution in [2.45, 2.75) is 0 Å². The molecule has 3 N–H and O–H groups in total. The maximum atomic E-state index is 5.92. The number of nitrogens with zero attached hydrogens (tertiary/aromatic N) is 4. The summed E-state index contributed by atoms with van der Waals surface area (Å²) in [7, 11) is 1.57. The highest BCUT2D eigenvalue weighted by molar-refractivity contribution is 5.93. The molecule has 3 heterocycles.